The number of rotatable bonds is 3. The summed E-state index contributed by atoms with van der Waals surface area (Å²) in [4.78, 5) is 0. The summed E-state index contributed by atoms with van der Waals surface area (Å²) in [7, 11) is -1.69. The van der Waals surface area contributed by atoms with E-state index in [2.05, 4.69) is 45.7 Å². The van der Waals surface area contributed by atoms with E-state index < -0.39 is 13.9 Å². The van der Waals surface area contributed by atoms with E-state index in [1.165, 1.54) is 0 Å². The van der Waals surface area contributed by atoms with Crippen molar-refractivity contribution in [1.82, 2.24) is 0 Å². The topological polar surface area (TPSA) is 35.2 Å². The van der Waals surface area contributed by atoms with E-state index in [4.69, 9.17) is 10.2 Å². The van der Waals surface area contributed by atoms with E-state index in [9.17, 15) is 0 Å². The SMILES string of the molecule is CC#CC(C)(N)CO[Si](C)(C)C(C)(C)C. The molecule has 0 aromatic rings. The highest BCUT2D eigenvalue weighted by Crippen LogP contribution is 2.36. The zero-order valence-corrected chi connectivity index (χ0v) is 12.2. The fraction of sp³-hybridized carbons (Fsp3) is 0.833. The predicted molar refractivity (Wildman–Crippen MR) is 69.2 cm³/mol. The monoisotopic (exact) mass is 227 g/mol. The van der Waals surface area contributed by atoms with Gasteiger partial charge < -0.3 is 10.2 Å². The highest BCUT2D eigenvalue weighted by Gasteiger charge is 2.38. The molecule has 0 bridgehead atoms. The maximum Gasteiger partial charge on any atom is 0.192 e. The van der Waals surface area contributed by atoms with Crippen LogP contribution in [0.5, 0.6) is 0 Å². The van der Waals surface area contributed by atoms with Crippen molar-refractivity contribution in [2.45, 2.75) is 58.3 Å². The van der Waals surface area contributed by atoms with Gasteiger partial charge in [-0.15, -0.1) is 5.92 Å². The lowest BCUT2D eigenvalue weighted by Gasteiger charge is -2.37. The summed E-state index contributed by atoms with van der Waals surface area (Å²) in [5.74, 6) is 5.81. The predicted octanol–water partition coefficient (Wildman–Crippen LogP) is 2.75. The minimum atomic E-state index is -1.69. The van der Waals surface area contributed by atoms with Crippen molar-refractivity contribution in [1.29, 1.82) is 0 Å². The van der Waals surface area contributed by atoms with Gasteiger partial charge in [0.15, 0.2) is 8.32 Å². The molecule has 0 rings (SSSR count). The normalized spacial score (nSPS) is 16.5. The van der Waals surface area contributed by atoms with Crippen LogP contribution >= 0.6 is 0 Å². The maximum atomic E-state index is 6.02. The van der Waals surface area contributed by atoms with Crippen LogP contribution < -0.4 is 5.73 Å². The highest BCUT2D eigenvalue weighted by molar-refractivity contribution is 6.74. The molecule has 0 aromatic carbocycles. The number of hydrogen-bond acceptors (Lipinski definition) is 2. The van der Waals surface area contributed by atoms with Gasteiger partial charge in [-0.05, 0) is 32.0 Å². The molecule has 15 heavy (non-hydrogen) atoms. The third-order valence-corrected chi connectivity index (χ3v) is 7.43. The van der Waals surface area contributed by atoms with Gasteiger partial charge in [-0.1, -0.05) is 26.7 Å². The first kappa shape index (κ1) is 14.7. The average molecular weight is 227 g/mol. The fourth-order valence-electron chi connectivity index (χ4n) is 0.868. The van der Waals surface area contributed by atoms with E-state index in [1.54, 1.807) is 6.92 Å². The Hall–Kier alpha value is -0.303. The second-order valence-corrected chi connectivity index (χ2v) is 10.7. The molecule has 0 aliphatic carbocycles. The van der Waals surface area contributed by atoms with Gasteiger partial charge in [-0.25, -0.2) is 0 Å². The standard InChI is InChI=1S/C12H25NOSi/c1-8-9-12(5,13)10-14-15(6,7)11(2,3)4/h10,13H2,1-7H3. The molecule has 3 heteroatoms. The summed E-state index contributed by atoms with van der Waals surface area (Å²) in [6, 6.07) is 0. The van der Waals surface area contributed by atoms with E-state index in [1.807, 2.05) is 6.92 Å². The van der Waals surface area contributed by atoms with E-state index in [0.717, 1.165) is 0 Å². The summed E-state index contributed by atoms with van der Waals surface area (Å²) in [5.41, 5.74) is 5.48. The van der Waals surface area contributed by atoms with Gasteiger partial charge in [0.1, 0.15) is 0 Å². The molecule has 0 saturated heterocycles. The fourth-order valence-corrected chi connectivity index (χ4v) is 1.96. The second kappa shape index (κ2) is 4.69. The van der Waals surface area contributed by atoms with Crippen molar-refractivity contribution in [3.05, 3.63) is 0 Å². The first-order valence-electron chi connectivity index (χ1n) is 5.39. The molecule has 88 valence electrons. The summed E-state index contributed by atoms with van der Waals surface area (Å²) in [6.45, 7) is 15.3. The smallest absolute Gasteiger partial charge is 0.192 e. The summed E-state index contributed by atoms with van der Waals surface area (Å²) in [6.07, 6.45) is 0. The van der Waals surface area contributed by atoms with Gasteiger partial charge in [0.05, 0.1) is 12.1 Å². The lowest BCUT2D eigenvalue weighted by Crippen LogP contribution is -2.48. The third-order valence-electron chi connectivity index (χ3n) is 2.95. The average Bonchev–Trinajstić information content (AvgIpc) is 1.99. The van der Waals surface area contributed by atoms with Gasteiger partial charge in [0.2, 0.25) is 0 Å². The maximum absolute atomic E-state index is 6.02. The number of hydrogen-bond donors (Lipinski definition) is 1. The van der Waals surface area contributed by atoms with Crippen LogP contribution in [-0.2, 0) is 4.43 Å². The van der Waals surface area contributed by atoms with E-state index >= 15 is 0 Å². The first-order valence-corrected chi connectivity index (χ1v) is 8.29. The Morgan fingerprint density at radius 3 is 2.00 bits per heavy atom. The van der Waals surface area contributed by atoms with Gasteiger partial charge in [-0.2, -0.15) is 0 Å². The Kier molecular flexibility index (Phi) is 4.60. The second-order valence-electron chi connectivity index (χ2n) is 5.84. The zero-order chi connectivity index (χ0) is 12.3. The summed E-state index contributed by atoms with van der Waals surface area (Å²) in [5, 5.41) is 0.225. The molecule has 1 atom stereocenters. The van der Waals surface area contributed by atoms with E-state index in [0.29, 0.717) is 6.61 Å². The number of nitrogens with two attached hydrogens (primary N) is 1. The molecule has 0 aromatic heterocycles. The minimum Gasteiger partial charge on any atom is -0.414 e. The van der Waals surface area contributed by atoms with Crippen molar-refractivity contribution < 1.29 is 4.43 Å². The lowest BCUT2D eigenvalue weighted by molar-refractivity contribution is 0.243. The molecule has 1 unspecified atom stereocenters. The quantitative estimate of drug-likeness (QED) is 0.594. The Morgan fingerprint density at radius 1 is 1.20 bits per heavy atom. The van der Waals surface area contributed by atoms with Crippen molar-refractivity contribution in [3.63, 3.8) is 0 Å². The largest absolute Gasteiger partial charge is 0.414 e. The molecular formula is C12H25NOSi. The molecule has 2 N–H and O–H groups in total. The van der Waals surface area contributed by atoms with Gasteiger partial charge in [-0.3, -0.25) is 0 Å². The van der Waals surface area contributed by atoms with E-state index in [-0.39, 0.29) is 5.04 Å². The van der Waals surface area contributed by atoms with Gasteiger partial charge >= 0.3 is 0 Å². The Bertz CT molecular complexity index is 266. The van der Waals surface area contributed by atoms with Crippen LogP contribution in [0, 0.1) is 11.8 Å². The molecule has 0 amide bonds. The molecule has 0 radical (unpaired) electrons. The van der Waals surface area contributed by atoms with Crippen molar-refractivity contribution in [3.8, 4) is 11.8 Å². The molecule has 2 nitrogen and oxygen atoms in total. The molecule has 0 fully saturated rings. The molecule has 0 heterocycles. The molecule has 0 aliphatic rings. The van der Waals surface area contributed by atoms with Crippen LogP contribution in [0.25, 0.3) is 0 Å². The Labute approximate surface area is 95.7 Å². The molecule has 0 aliphatic heterocycles. The Balaban J connectivity index is 4.44. The Morgan fingerprint density at radius 2 is 1.67 bits per heavy atom. The summed E-state index contributed by atoms with van der Waals surface area (Å²) >= 11 is 0. The van der Waals surface area contributed by atoms with Crippen LogP contribution in [-0.4, -0.2) is 20.5 Å². The highest BCUT2D eigenvalue weighted by atomic mass is 28.4. The van der Waals surface area contributed by atoms with Crippen LogP contribution in [0.2, 0.25) is 18.1 Å². The van der Waals surface area contributed by atoms with Crippen LogP contribution in [0.4, 0.5) is 0 Å². The minimum absolute atomic E-state index is 0.225. The molecule has 0 saturated carbocycles. The summed E-state index contributed by atoms with van der Waals surface area (Å²) < 4.78 is 6.02. The van der Waals surface area contributed by atoms with Crippen LogP contribution in [0.15, 0.2) is 0 Å². The van der Waals surface area contributed by atoms with Gasteiger partial charge in [0.25, 0.3) is 0 Å². The van der Waals surface area contributed by atoms with Crippen molar-refractivity contribution >= 4 is 8.32 Å². The van der Waals surface area contributed by atoms with Gasteiger partial charge in [0, 0.05) is 0 Å². The molecule has 0 spiro atoms. The lowest BCUT2D eigenvalue weighted by atomic mass is 10.1. The third kappa shape index (κ3) is 4.83. The van der Waals surface area contributed by atoms with Crippen molar-refractivity contribution in [2.24, 2.45) is 5.73 Å². The van der Waals surface area contributed by atoms with Crippen molar-refractivity contribution in [2.75, 3.05) is 6.61 Å². The van der Waals surface area contributed by atoms with Crippen LogP contribution in [0.3, 0.4) is 0 Å². The first-order chi connectivity index (χ1) is 6.52. The van der Waals surface area contributed by atoms with Crippen LogP contribution in [0.1, 0.15) is 34.6 Å². The molecular weight excluding hydrogens is 202 g/mol. The zero-order valence-electron chi connectivity index (χ0n) is 11.2.